The summed E-state index contributed by atoms with van der Waals surface area (Å²) in [7, 11) is 0.653. The first-order valence-corrected chi connectivity index (χ1v) is 0.836. The molecule has 0 aromatic rings. The van der Waals surface area contributed by atoms with Gasteiger partial charge in [-0.05, 0) is 0 Å². The van der Waals surface area contributed by atoms with Gasteiger partial charge in [-0.25, -0.2) is 0 Å². The van der Waals surface area contributed by atoms with Gasteiger partial charge in [0.15, 0.2) is 0 Å². The number of nitrogens with two attached hydrogens (primary N) is 1. The molecule has 0 unspecified atom stereocenters. The van der Waals surface area contributed by atoms with Crippen LogP contribution in [0.15, 0.2) is 0 Å². The van der Waals surface area contributed by atoms with Crippen LogP contribution in [0.5, 0.6) is 0 Å². The van der Waals surface area contributed by atoms with Crippen LogP contribution < -0.4 is 11.2 Å². The molecule has 3 nitrogen and oxygen atoms in total. The Balaban J connectivity index is 1.97. The summed E-state index contributed by atoms with van der Waals surface area (Å²) in [5.41, 5.74) is 0. The molecule has 23 valence electrons. The summed E-state index contributed by atoms with van der Waals surface area (Å²) < 4.78 is 0. The van der Waals surface area contributed by atoms with Crippen LogP contribution >= 0.6 is 0 Å². The predicted octanol–water partition coefficient (Wildman–Crippen LogP) is -2.02. The molecular formula is H4BN2O. The third kappa shape index (κ3) is 1.94. The largest absolute Gasteiger partial charge is 0.439 e. The zero-order chi connectivity index (χ0) is 3.41. The maximum atomic E-state index is 7.51. The van der Waals surface area contributed by atoms with E-state index < -0.39 is 0 Å². The second-order valence-corrected chi connectivity index (χ2v) is 0.296. The van der Waals surface area contributed by atoms with Crippen molar-refractivity contribution < 1.29 is 5.02 Å². The minimum Gasteiger partial charge on any atom is -0.439 e. The smallest absolute Gasteiger partial charge is 0.407 e. The fourth-order valence-electron chi connectivity index (χ4n) is 0. The molecule has 4 heavy (non-hydrogen) atoms. The highest BCUT2D eigenvalue weighted by molar-refractivity contribution is 6.20. The van der Waals surface area contributed by atoms with Gasteiger partial charge < -0.3 is 5.02 Å². The van der Waals surface area contributed by atoms with Crippen molar-refractivity contribution in [3.05, 3.63) is 0 Å². The van der Waals surface area contributed by atoms with E-state index in [9.17, 15) is 0 Å². The minimum atomic E-state index is 0.653. The van der Waals surface area contributed by atoms with E-state index in [1.54, 1.807) is 0 Å². The SMILES string of the molecule is NN[B]O. The lowest BCUT2D eigenvalue weighted by molar-refractivity contribution is 0.584. The van der Waals surface area contributed by atoms with E-state index in [1.165, 1.54) is 0 Å². The fraction of sp³-hybridized carbons (Fsp3) is 0. The lowest BCUT2D eigenvalue weighted by atomic mass is 10.3. The van der Waals surface area contributed by atoms with Gasteiger partial charge in [0.05, 0.1) is 0 Å². The highest BCUT2D eigenvalue weighted by Crippen LogP contribution is 1.09. The van der Waals surface area contributed by atoms with Crippen molar-refractivity contribution in [2.75, 3.05) is 0 Å². The molecule has 0 aliphatic carbocycles. The van der Waals surface area contributed by atoms with Crippen LogP contribution in [-0.4, -0.2) is 12.6 Å². The van der Waals surface area contributed by atoms with Gasteiger partial charge in [0.25, 0.3) is 0 Å². The third-order valence-corrected chi connectivity index (χ3v) is 0.0745. The van der Waals surface area contributed by atoms with Gasteiger partial charge in [-0.1, -0.05) is 0 Å². The van der Waals surface area contributed by atoms with Gasteiger partial charge in [-0.2, -0.15) is 0 Å². The number of hydrazine groups is 1. The van der Waals surface area contributed by atoms with E-state index in [4.69, 9.17) is 5.02 Å². The summed E-state index contributed by atoms with van der Waals surface area (Å²) >= 11 is 0. The standard InChI is InChI=1S/BH4N2O/c2-3-1-4/h3-4H,2H2. The highest BCUT2D eigenvalue weighted by atomic mass is 16.2. The molecule has 0 aliphatic rings. The molecule has 0 aromatic carbocycles. The third-order valence-electron chi connectivity index (χ3n) is 0.0745. The van der Waals surface area contributed by atoms with E-state index >= 15 is 0 Å². The molecule has 0 atom stereocenters. The second-order valence-electron chi connectivity index (χ2n) is 0.296. The average molecular weight is 58.9 g/mol. The molecule has 0 aromatic heterocycles. The molecule has 0 heterocycles. The van der Waals surface area contributed by atoms with Gasteiger partial charge >= 0.3 is 7.62 Å². The zero-order valence-electron chi connectivity index (χ0n) is 2.10. The lowest BCUT2D eigenvalue weighted by Crippen LogP contribution is -2.25. The second kappa shape index (κ2) is 2.94. The topological polar surface area (TPSA) is 58.3 Å². The Bertz CT molecular complexity index is 8.00. The number of rotatable bonds is 1. The summed E-state index contributed by atoms with van der Waals surface area (Å²) in [6.07, 6.45) is 0. The number of hydrogen-bond donors (Lipinski definition) is 3. The van der Waals surface area contributed by atoms with Gasteiger partial charge in [-0.15, -0.1) is 0 Å². The van der Waals surface area contributed by atoms with Crippen molar-refractivity contribution in [3.8, 4) is 0 Å². The van der Waals surface area contributed by atoms with Crippen molar-refractivity contribution in [1.82, 2.24) is 5.34 Å². The van der Waals surface area contributed by atoms with Gasteiger partial charge in [0.2, 0.25) is 0 Å². The monoisotopic (exact) mass is 59.0 g/mol. The number of nitrogens with one attached hydrogen (secondary N) is 1. The zero-order valence-corrected chi connectivity index (χ0v) is 2.10. The molecule has 0 amide bonds. The van der Waals surface area contributed by atoms with Crippen LogP contribution in [0.4, 0.5) is 0 Å². The molecule has 0 saturated heterocycles. The number of hydrogen-bond acceptors (Lipinski definition) is 3. The van der Waals surface area contributed by atoms with E-state index in [0.717, 1.165) is 0 Å². The summed E-state index contributed by atoms with van der Waals surface area (Å²) in [5, 5.41) is 9.38. The Kier molecular flexibility index (Phi) is 2.90. The van der Waals surface area contributed by atoms with Crippen molar-refractivity contribution in [3.63, 3.8) is 0 Å². The lowest BCUT2D eigenvalue weighted by Gasteiger charge is -1.72. The quantitative estimate of drug-likeness (QED) is 0.185. The van der Waals surface area contributed by atoms with E-state index in [0.29, 0.717) is 7.62 Å². The Morgan fingerprint density at radius 1 is 2.00 bits per heavy atom. The Morgan fingerprint density at radius 3 is 2.25 bits per heavy atom. The first-order valence-electron chi connectivity index (χ1n) is 0.836. The molecule has 0 rings (SSSR count). The van der Waals surface area contributed by atoms with Crippen LogP contribution in [0.1, 0.15) is 0 Å². The molecule has 0 saturated carbocycles. The average Bonchev–Trinajstić information content (AvgIpc) is 1.37. The van der Waals surface area contributed by atoms with Crippen LogP contribution in [0.2, 0.25) is 0 Å². The predicted molar refractivity (Wildman–Crippen MR) is 15.3 cm³/mol. The van der Waals surface area contributed by atoms with Gasteiger partial charge in [0.1, 0.15) is 0 Å². The fourth-order valence-corrected chi connectivity index (χ4v) is 0. The first kappa shape index (κ1) is 3.94. The molecule has 0 fully saturated rings. The van der Waals surface area contributed by atoms with Crippen LogP contribution in [-0.2, 0) is 0 Å². The van der Waals surface area contributed by atoms with Gasteiger partial charge in [0, 0.05) is 0 Å². The maximum absolute atomic E-state index is 7.51. The molecule has 0 aliphatic heterocycles. The summed E-state index contributed by atoms with van der Waals surface area (Å²) in [6, 6.07) is 0. The van der Waals surface area contributed by atoms with Crippen LogP contribution in [0, 0.1) is 0 Å². The summed E-state index contributed by atoms with van der Waals surface area (Å²) in [4.78, 5) is 0. The molecule has 0 bridgehead atoms. The molecule has 1 radical (unpaired) electrons. The van der Waals surface area contributed by atoms with Crippen LogP contribution in [0.25, 0.3) is 0 Å². The van der Waals surface area contributed by atoms with Crippen molar-refractivity contribution in [1.29, 1.82) is 0 Å². The Hall–Kier alpha value is -0.0551. The Morgan fingerprint density at radius 2 is 2.25 bits per heavy atom. The molecule has 0 spiro atoms. The minimum absolute atomic E-state index is 0.653. The van der Waals surface area contributed by atoms with Gasteiger partial charge in [-0.3, -0.25) is 11.2 Å². The first-order chi connectivity index (χ1) is 1.91. The van der Waals surface area contributed by atoms with Crippen molar-refractivity contribution in [2.45, 2.75) is 0 Å². The van der Waals surface area contributed by atoms with Crippen LogP contribution in [0.3, 0.4) is 0 Å². The van der Waals surface area contributed by atoms with Crippen molar-refractivity contribution in [2.24, 2.45) is 5.84 Å². The normalized spacial score (nSPS) is 6.50. The highest BCUT2D eigenvalue weighted by Gasteiger charge is 1.62. The summed E-state index contributed by atoms with van der Waals surface area (Å²) in [5.74, 6) is 4.47. The molecule has 4 N–H and O–H groups in total. The van der Waals surface area contributed by atoms with E-state index in [-0.39, 0.29) is 0 Å². The molecule has 4 heteroatoms. The van der Waals surface area contributed by atoms with Crippen molar-refractivity contribution >= 4 is 7.62 Å². The molecular weight excluding hydrogens is 54.8 g/mol. The van der Waals surface area contributed by atoms with E-state index in [2.05, 4.69) is 5.84 Å². The summed E-state index contributed by atoms with van der Waals surface area (Å²) in [6.45, 7) is 0. The van der Waals surface area contributed by atoms with E-state index in [1.807, 2.05) is 5.34 Å². The Labute approximate surface area is 25.1 Å². The maximum Gasteiger partial charge on any atom is 0.407 e.